The lowest BCUT2D eigenvalue weighted by atomic mass is 9.84. The summed E-state index contributed by atoms with van der Waals surface area (Å²) in [5.74, 6) is 1.29. The van der Waals surface area contributed by atoms with E-state index in [1.165, 1.54) is 12.1 Å². The zero-order chi connectivity index (χ0) is 19.2. The Kier molecular flexibility index (Phi) is 7.71. The molecule has 1 heterocycles. The molecule has 0 spiro atoms. The standard InChI is InChI=1S/C20H31ClFN3O/c1-20(2,17-6-5-16(22)13-18(17)21)14-24-19(23-3)25(4)10-7-15-8-11-26-12-9-15/h5-6,13,15H,7-12,14H2,1-4H3,(H,23,24). The largest absolute Gasteiger partial charge is 0.381 e. The molecule has 4 nitrogen and oxygen atoms in total. The van der Waals surface area contributed by atoms with Crippen molar-refractivity contribution in [2.24, 2.45) is 10.9 Å². The van der Waals surface area contributed by atoms with Crippen LogP contribution in [0.15, 0.2) is 23.2 Å². The number of guanidine groups is 1. The average molecular weight is 384 g/mol. The average Bonchev–Trinajstić information content (AvgIpc) is 2.61. The molecule has 0 radical (unpaired) electrons. The Hall–Kier alpha value is -1.33. The first-order chi connectivity index (χ1) is 12.3. The molecule has 2 rings (SSSR count). The van der Waals surface area contributed by atoms with Gasteiger partial charge in [-0.15, -0.1) is 0 Å². The molecule has 1 fully saturated rings. The lowest BCUT2D eigenvalue weighted by molar-refractivity contribution is 0.0625. The van der Waals surface area contributed by atoms with E-state index in [4.69, 9.17) is 16.3 Å². The summed E-state index contributed by atoms with van der Waals surface area (Å²) in [6.07, 6.45) is 3.44. The summed E-state index contributed by atoms with van der Waals surface area (Å²) in [4.78, 5) is 6.56. The summed E-state index contributed by atoms with van der Waals surface area (Å²) in [5.41, 5.74) is 0.677. The molecule has 0 bridgehead atoms. The summed E-state index contributed by atoms with van der Waals surface area (Å²) >= 11 is 6.24. The molecular formula is C20H31ClFN3O. The molecule has 0 saturated carbocycles. The molecule has 1 aliphatic rings. The van der Waals surface area contributed by atoms with Crippen LogP contribution in [0, 0.1) is 11.7 Å². The minimum absolute atomic E-state index is 0.248. The Morgan fingerprint density at radius 1 is 1.38 bits per heavy atom. The van der Waals surface area contributed by atoms with E-state index in [2.05, 4.69) is 36.1 Å². The molecule has 1 aliphatic heterocycles. The van der Waals surface area contributed by atoms with E-state index in [9.17, 15) is 4.39 Å². The highest BCUT2D eigenvalue weighted by Gasteiger charge is 2.24. The lowest BCUT2D eigenvalue weighted by Crippen LogP contribution is -2.45. The Labute approximate surface area is 161 Å². The molecule has 1 N–H and O–H groups in total. The second-order valence-corrected chi connectivity index (χ2v) is 8.08. The molecule has 146 valence electrons. The van der Waals surface area contributed by atoms with Gasteiger partial charge in [-0.2, -0.15) is 0 Å². The number of rotatable bonds is 6. The predicted molar refractivity (Wildman–Crippen MR) is 107 cm³/mol. The molecule has 0 amide bonds. The quantitative estimate of drug-likeness (QED) is 0.594. The molecule has 1 aromatic carbocycles. The highest BCUT2D eigenvalue weighted by Crippen LogP contribution is 2.30. The van der Waals surface area contributed by atoms with Crippen LogP contribution < -0.4 is 5.32 Å². The third-order valence-electron chi connectivity index (χ3n) is 5.14. The maximum atomic E-state index is 13.3. The van der Waals surface area contributed by atoms with Gasteiger partial charge >= 0.3 is 0 Å². The minimum Gasteiger partial charge on any atom is -0.381 e. The van der Waals surface area contributed by atoms with Gasteiger partial charge in [0.1, 0.15) is 5.82 Å². The van der Waals surface area contributed by atoms with Crippen LogP contribution in [0.25, 0.3) is 0 Å². The fourth-order valence-corrected chi connectivity index (χ4v) is 3.76. The summed E-state index contributed by atoms with van der Waals surface area (Å²) in [6, 6.07) is 4.59. The molecule has 1 aromatic rings. The van der Waals surface area contributed by atoms with Gasteiger partial charge in [0.05, 0.1) is 0 Å². The van der Waals surface area contributed by atoms with E-state index in [0.29, 0.717) is 11.6 Å². The zero-order valence-electron chi connectivity index (χ0n) is 16.3. The van der Waals surface area contributed by atoms with Gasteiger partial charge in [0, 0.05) is 50.8 Å². The summed E-state index contributed by atoms with van der Waals surface area (Å²) in [7, 11) is 3.86. The summed E-state index contributed by atoms with van der Waals surface area (Å²) < 4.78 is 18.7. The van der Waals surface area contributed by atoms with Crippen LogP contribution in [0.5, 0.6) is 0 Å². The summed E-state index contributed by atoms with van der Waals surface area (Å²) in [6.45, 7) is 7.57. The molecule has 0 unspecified atom stereocenters. The molecule has 26 heavy (non-hydrogen) atoms. The van der Waals surface area contributed by atoms with Gasteiger partial charge in [-0.05, 0) is 42.9 Å². The smallest absolute Gasteiger partial charge is 0.193 e. The fraction of sp³-hybridized carbons (Fsp3) is 0.650. The molecule has 1 saturated heterocycles. The van der Waals surface area contributed by atoms with E-state index in [-0.39, 0.29) is 11.2 Å². The summed E-state index contributed by atoms with van der Waals surface area (Å²) in [5, 5.41) is 3.89. The van der Waals surface area contributed by atoms with Crippen LogP contribution in [0.4, 0.5) is 4.39 Å². The highest BCUT2D eigenvalue weighted by atomic mass is 35.5. The minimum atomic E-state index is -0.314. The first-order valence-corrected chi connectivity index (χ1v) is 9.66. The molecule has 0 aromatic heterocycles. The van der Waals surface area contributed by atoms with Gasteiger partial charge < -0.3 is 15.0 Å². The SMILES string of the molecule is CN=C(NCC(C)(C)c1ccc(F)cc1Cl)N(C)CCC1CCOCC1. The number of hydrogen-bond donors (Lipinski definition) is 1. The Bertz CT molecular complexity index is 615. The maximum absolute atomic E-state index is 13.3. The number of aliphatic imine (C=N–C) groups is 1. The number of benzene rings is 1. The maximum Gasteiger partial charge on any atom is 0.193 e. The first kappa shape index (κ1) is 21.0. The topological polar surface area (TPSA) is 36.9 Å². The van der Waals surface area contributed by atoms with E-state index >= 15 is 0 Å². The van der Waals surface area contributed by atoms with Crippen molar-refractivity contribution < 1.29 is 9.13 Å². The molecule has 0 atom stereocenters. The van der Waals surface area contributed by atoms with Crippen molar-refractivity contribution in [1.29, 1.82) is 0 Å². The van der Waals surface area contributed by atoms with E-state index < -0.39 is 0 Å². The van der Waals surface area contributed by atoms with Crippen molar-refractivity contribution in [1.82, 2.24) is 10.2 Å². The second kappa shape index (κ2) is 9.56. The van der Waals surface area contributed by atoms with Crippen molar-refractivity contribution in [2.75, 3.05) is 40.4 Å². The first-order valence-electron chi connectivity index (χ1n) is 9.28. The van der Waals surface area contributed by atoms with E-state index in [0.717, 1.165) is 56.5 Å². The van der Waals surface area contributed by atoms with Gasteiger partial charge in [-0.25, -0.2) is 4.39 Å². The van der Waals surface area contributed by atoms with Crippen LogP contribution in [-0.4, -0.2) is 51.3 Å². The number of nitrogens with one attached hydrogen (secondary N) is 1. The van der Waals surface area contributed by atoms with E-state index in [1.807, 2.05) is 0 Å². The molecular weight excluding hydrogens is 353 g/mol. The van der Waals surface area contributed by atoms with Crippen molar-refractivity contribution in [2.45, 2.75) is 38.5 Å². The van der Waals surface area contributed by atoms with Gasteiger partial charge in [0.15, 0.2) is 5.96 Å². The van der Waals surface area contributed by atoms with Gasteiger partial charge in [0.2, 0.25) is 0 Å². The van der Waals surface area contributed by atoms with Crippen LogP contribution in [0.2, 0.25) is 5.02 Å². The normalized spacial score (nSPS) is 16.6. The number of hydrogen-bond acceptors (Lipinski definition) is 2. The lowest BCUT2D eigenvalue weighted by Gasteiger charge is -2.31. The second-order valence-electron chi connectivity index (χ2n) is 7.67. The Balaban J connectivity index is 1.90. The van der Waals surface area contributed by atoms with Crippen LogP contribution in [-0.2, 0) is 10.2 Å². The van der Waals surface area contributed by atoms with Crippen molar-refractivity contribution in [3.05, 3.63) is 34.6 Å². The number of nitrogens with zero attached hydrogens (tertiary/aromatic N) is 2. The van der Waals surface area contributed by atoms with Crippen molar-refractivity contribution in [3.63, 3.8) is 0 Å². The van der Waals surface area contributed by atoms with Crippen LogP contribution in [0.3, 0.4) is 0 Å². The monoisotopic (exact) mass is 383 g/mol. The Morgan fingerprint density at radius 2 is 2.08 bits per heavy atom. The van der Waals surface area contributed by atoms with Crippen LogP contribution in [0.1, 0.15) is 38.7 Å². The predicted octanol–water partition coefficient (Wildman–Crippen LogP) is 4.08. The zero-order valence-corrected chi connectivity index (χ0v) is 17.1. The third-order valence-corrected chi connectivity index (χ3v) is 5.45. The van der Waals surface area contributed by atoms with Crippen molar-refractivity contribution in [3.8, 4) is 0 Å². The van der Waals surface area contributed by atoms with Gasteiger partial charge in [0.25, 0.3) is 0 Å². The third kappa shape index (κ3) is 5.85. The number of ether oxygens (including phenoxy) is 1. The number of halogens is 2. The van der Waals surface area contributed by atoms with Crippen LogP contribution >= 0.6 is 11.6 Å². The highest BCUT2D eigenvalue weighted by molar-refractivity contribution is 6.31. The molecule has 6 heteroatoms. The van der Waals surface area contributed by atoms with E-state index in [1.54, 1.807) is 13.1 Å². The fourth-order valence-electron chi connectivity index (χ4n) is 3.34. The van der Waals surface area contributed by atoms with Gasteiger partial charge in [-0.1, -0.05) is 31.5 Å². The van der Waals surface area contributed by atoms with Gasteiger partial charge in [-0.3, -0.25) is 4.99 Å². The Morgan fingerprint density at radius 3 is 2.69 bits per heavy atom. The van der Waals surface area contributed by atoms with Crippen molar-refractivity contribution >= 4 is 17.6 Å². The molecule has 0 aliphatic carbocycles.